The lowest BCUT2D eigenvalue weighted by atomic mass is 10.0. The number of benzene rings is 2. The van der Waals surface area contributed by atoms with E-state index in [-0.39, 0.29) is 17.0 Å². The number of aryl methyl sites for hydroxylation is 1. The van der Waals surface area contributed by atoms with Crippen molar-refractivity contribution in [1.29, 1.82) is 0 Å². The summed E-state index contributed by atoms with van der Waals surface area (Å²) in [7, 11) is 0. The Labute approximate surface area is 188 Å². The minimum absolute atomic E-state index is 0.0854. The lowest BCUT2D eigenvalue weighted by molar-refractivity contribution is -0.384. The van der Waals surface area contributed by atoms with Gasteiger partial charge < -0.3 is 4.42 Å². The van der Waals surface area contributed by atoms with Crippen LogP contribution in [0.3, 0.4) is 0 Å². The van der Waals surface area contributed by atoms with Gasteiger partial charge >= 0.3 is 6.03 Å². The van der Waals surface area contributed by atoms with Crippen LogP contribution in [0.1, 0.15) is 29.9 Å². The summed E-state index contributed by atoms with van der Waals surface area (Å²) < 4.78 is 5.76. The highest BCUT2D eigenvalue weighted by molar-refractivity contribution is 6.31. The Morgan fingerprint density at radius 2 is 1.79 bits per heavy atom. The number of furan rings is 1. The lowest BCUT2D eigenvalue weighted by Gasteiger charge is -2.31. The maximum atomic E-state index is 13.1. The second-order valence-electron chi connectivity index (χ2n) is 7.54. The van der Waals surface area contributed by atoms with Crippen molar-refractivity contribution in [1.82, 2.24) is 10.2 Å². The van der Waals surface area contributed by atoms with Crippen molar-refractivity contribution in [3.05, 3.63) is 93.2 Å². The number of amides is 4. The highest BCUT2D eigenvalue weighted by Gasteiger charge is 2.39. The highest BCUT2D eigenvalue weighted by Crippen LogP contribution is 2.31. The number of hydrogen-bond donors (Lipinski definition) is 1. The van der Waals surface area contributed by atoms with E-state index in [1.54, 1.807) is 56.3 Å². The molecule has 1 unspecified atom stereocenters. The molecule has 9 nitrogen and oxygen atoms in total. The summed E-state index contributed by atoms with van der Waals surface area (Å²) in [6.07, 6.45) is 1.25. The molecule has 0 bridgehead atoms. The van der Waals surface area contributed by atoms with Crippen LogP contribution in [0.2, 0.25) is 0 Å². The Hall–Kier alpha value is -4.53. The van der Waals surface area contributed by atoms with E-state index >= 15 is 0 Å². The number of nitrogens with zero attached hydrogens (tertiary/aromatic N) is 2. The molecule has 1 aromatic heterocycles. The third-order valence-electron chi connectivity index (χ3n) is 5.41. The van der Waals surface area contributed by atoms with Crippen molar-refractivity contribution in [3.8, 4) is 11.3 Å². The molecule has 166 valence electrons. The predicted molar refractivity (Wildman–Crippen MR) is 119 cm³/mol. The van der Waals surface area contributed by atoms with Gasteiger partial charge in [0.15, 0.2) is 0 Å². The van der Waals surface area contributed by atoms with Crippen molar-refractivity contribution in [2.45, 2.75) is 19.9 Å². The Morgan fingerprint density at radius 3 is 2.48 bits per heavy atom. The van der Waals surface area contributed by atoms with Gasteiger partial charge in [-0.05, 0) is 43.2 Å². The van der Waals surface area contributed by atoms with Crippen LogP contribution >= 0.6 is 0 Å². The number of urea groups is 1. The summed E-state index contributed by atoms with van der Waals surface area (Å²) in [5.41, 5.74) is 1.67. The first-order chi connectivity index (χ1) is 15.8. The van der Waals surface area contributed by atoms with Gasteiger partial charge in [0.2, 0.25) is 0 Å². The topological polar surface area (TPSA) is 123 Å². The van der Waals surface area contributed by atoms with Gasteiger partial charge in [0.1, 0.15) is 17.1 Å². The van der Waals surface area contributed by atoms with Crippen LogP contribution < -0.4 is 5.32 Å². The van der Waals surface area contributed by atoms with Crippen LogP contribution in [0.4, 0.5) is 10.5 Å². The van der Waals surface area contributed by atoms with Gasteiger partial charge in [0.05, 0.1) is 11.0 Å². The number of hydrogen-bond acceptors (Lipinski definition) is 6. The molecule has 1 atom stereocenters. The zero-order chi connectivity index (χ0) is 23.7. The molecule has 0 aliphatic carbocycles. The third kappa shape index (κ3) is 4.16. The van der Waals surface area contributed by atoms with Crippen molar-refractivity contribution in [3.63, 3.8) is 0 Å². The van der Waals surface area contributed by atoms with E-state index in [4.69, 9.17) is 4.42 Å². The maximum Gasteiger partial charge on any atom is 0.331 e. The number of rotatable bonds is 5. The van der Waals surface area contributed by atoms with E-state index in [0.717, 1.165) is 16.0 Å². The van der Waals surface area contributed by atoms with E-state index < -0.39 is 28.8 Å². The van der Waals surface area contributed by atoms with E-state index in [0.29, 0.717) is 11.3 Å². The normalized spacial score (nSPS) is 16.1. The van der Waals surface area contributed by atoms with Gasteiger partial charge in [0, 0.05) is 17.7 Å². The van der Waals surface area contributed by atoms with Gasteiger partial charge in [-0.1, -0.05) is 36.4 Å². The van der Waals surface area contributed by atoms with E-state index in [1.165, 1.54) is 18.2 Å². The van der Waals surface area contributed by atoms with E-state index in [9.17, 15) is 24.5 Å². The molecule has 2 heterocycles. The monoisotopic (exact) mass is 445 g/mol. The number of imide groups is 2. The Morgan fingerprint density at radius 1 is 1.06 bits per heavy atom. The number of nitro benzene ring substituents is 1. The summed E-state index contributed by atoms with van der Waals surface area (Å²) in [6.45, 7) is 3.47. The molecule has 9 heteroatoms. The van der Waals surface area contributed by atoms with Crippen LogP contribution in [0.25, 0.3) is 17.4 Å². The van der Waals surface area contributed by atoms with Crippen LogP contribution in [-0.2, 0) is 9.59 Å². The Bertz CT molecular complexity index is 1310. The molecule has 1 aliphatic heterocycles. The maximum absolute atomic E-state index is 13.1. The second kappa shape index (κ2) is 8.54. The summed E-state index contributed by atoms with van der Waals surface area (Å²) in [5.74, 6) is -1.04. The average molecular weight is 445 g/mol. The van der Waals surface area contributed by atoms with E-state index in [2.05, 4.69) is 5.32 Å². The predicted octanol–water partition coefficient (Wildman–Crippen LogP) is 4.39. The number of nitrogens with one attached hydrogen (secondary N) is 1. The molecule has 2 aromatic carbocycles. The molecule has 0 spiro atoms. The first kappa shape index (κ1) is 21.7. The fourth-order valence-corrected chi connectivity index (χ4v) is 3.61. The van der Waals surface area contributed by atoms with Gasteiger partial charge in [-0.25, -0.2) is 4.79 Å². The quantitative estimate of drug-likeness (QED) is 0.269. The summed E-state index contributed by atoms with van der Waals surface area (Å²) >= 11 is 0. The first-order valence-electron chi connectivity index (χ1n) is 10.1. The fourth-order valence-electron chi connectivity index (χ4n) is 3.61. The summed E-state index contributed by atoms with van der Waals surface area (Å²) in [5, 5.41) is 13.3. The number of barbiturate groups is 1. The number of nitro groups is 1. The second-order valence-corrected chi connectivity index (χ2v) is 7.54. The van der Waals surface area contributed by atoms with Crippen LogP contribution in [0.5, 0.6) is 0 Å². The van der Waals surface area contributed by atoms with Crippen LogP contribution in [0.15, 0.2) is 70.7 Å². The molecule has 33 heavy (non-hydrogen) atoms. The number of carbonyl (C=O) groups is 3. The van der Waals surface area contributed by atoms with Gasteiger partial charge in [-0.3, -0.25) is 29.9 Å². The molecular formula is C24H19N3O6. The molecule has 0 saturated carbocycles. The van der Waals surface area contributed by atoms with Crippen LogP contribution in [0, 0.1) is 17.0 Å². The van der Waals surface area contributed by atoms with Gasteiger partial charge in [-0.2, -0.15) is 0 Å². The van der Waals surface area contributed by atoms with Gasteiger partial charge in [-0.15, -0.1) is 0 Å². The molecule has 0 radical (unpaired) electrons. The van der Waals surface area contributed by atoms with Crippen molar-refractivity contribution >= 4 is 29.6 Å². The summed E-state index contributed by atoms with van der Waals surface area (Å²) in [4.78, 5) is 49.5. The largest absolute Gasteiger partial charge is 0.457 e. The lowest BCUT2D eigenvalue weighted by Crippen LogP contribution is -2.54. The molecule has 4 rings (SSSR count). The minimum Gasteiger partial charge on any atom is -0.457 e. The minimum atomic E-state index is -0.828. The zero-order valence-electron chi connectivity index (χ0n) is 17.8. The van der Waals surface area contributed by atoms with E-state index in [1.807, 2.05) is 6.07 Å². The molecule has 1 N–H and O–H groups in total. The first-order valence-corrected chi connectivity index (χ1v) is 10.1. The highest BCUT2D eigenvalue weighted by atomic mass is 16.6. The Kier molecular flexibility index (Phi) is 5.61. The molecule has 3 aromatic rings. The fraction of sp³-hybridized carbons (Fsp3) is 0.125. The zero-order valence-corrected chi connectivity index (χ0v) is 17.8. The number of non-ortho nitro benzene ring substituents is 1. The third-order valence-corrected chi connectivity index (χ3v) is 5.41. The molecule has 4 amide bonds. The standard InChI is InChI=1S/C24H19N3O6/c1-14-8-9-17(27(31)32)12-19(14)21-11-10-18(33-21)13-20-22(28)25-24(30)26(23(20)29)15(2)16-6-4-3-5-7-16/h3-13,15H,1-2H3,(H,25,28,30). The Balaban J connectivity index is 1.67. The summed E-state index contributed by atoms with van der Waals surface area (Å²) in [6, 6.07) is 15.1. The molecular weight excluding hydrogens is 426 g/mol. The molecule has 1 saturated heterocycles. The number of carbonyl (C=O) groups excluding carboxylic acids is 3. The SMILES string of the molecule is Cc1ccc([N+](=O)[O-])cc1-c1ccc(C=C2C(=O)NC(=O)N(C(C)c3ccccc3)C2=O)o1. The smallest absolute Gasteiger partial charge is 0.331 e. The van der Waals surface area contributed by atoms with Crippen LogP contribution in [-0.4, -0.2) is 27.7 Å². The molecule has 1 fully saturated rings. The average Bonchev–Trinajstić information content (AvgIpc) is 3.25. The van der Waals surface area contributed by atoms with Crippen molar-refractivity contribution < 1.29 is 23.7 Å². The van der Waals surface area contributed by atoms with Gasteiger partial charge in [0.25, 0.3) is 17.5 Å². The van der Waals surface area contributed by atoms with Crippen molar-refractivity contribution in [2.24, 2.45) is 0 Å². The molecule has 1 aliphatic rings. The van der Waals surface area contributed by atoms with Crippen molar-refractivity contribution in [2.75, 3.05) is 0 Å².